The summed E-state index contributed by atoms with van der Waals surface area (Å²) in [5.41, 5.74) is 3.40. The molecule has 1 heterocycles. The largest absolute Gasteiger partial charge is 0.464 e. The van der Waals surface area contributed by atoms with Crippen LogP contribution in [0.3, 0.4) is 0 Å². The summed E-state index contributed by atoms with van der Waals surface area (Å²) < 4.78 is 12.2. The van der Waals surface area contributed by atoms with Crippen molar-refractivity contribution >= 4 is 17.7 Å². The van der Waals surface area contributed by atoms with Crippen LogP contribution in [0.15, 0.2) is 54.3 Å². The van der Waals surface area contributed by atoms with Gasteiger partial charge >= 0.3 is 0 Å². The molecule has 1 aliphatic carbocycles. The van der Waals surface area contributed by atoms with E-state index in [0.717, 1.165) is 34.8 Å². The van der Waals surface area contributed by atoms with Crippen molar-refractivity contribution in [3.05, 3.63) is 64.9 Å². The van der Waals surface area contributed by atoms with Crippen LogP contribution in [0.25, 0.3) is 17.2 Å². The molecule has 2 fully saturated rings. The van der Waals surface area contributed by atoms with E-state index in [1.165, 1.54) is 24.8 Å². The van der Waals surface area contributed by atoms with Crippen molar-refractivity contribution in [2.24, 2.45) is 0 Å². The summed E-state index contributed by atoms with van der Waals surface area (Å²) in [6.45, 7) is 0.542. The lowest BCUT2D eigenvalue weighted by Crippen LogP contribution is -2.32. The van der Waals surface area contributed by atoms with Crippen molar-refractivity contribution in [2.45, 2.75) is 37.9 Å². The van der Waals surface area contributed by atoms with Crippen molar-refractivity contribution in [2.75, 3.05) is 6.61 Å². The lowest BCUT2D eigenvalue weighted by Gasteiger charge is -2.30. The van der Waals surface area contributed by atoms with E-state index in [2.05, 4.69) is 24.3 Å². The number of hydrogen-bond acceptors (Lipinski definition) is 2. The Kier molecular flexibility index (Phi) is 4.34. The summed E-state index contributed by atoms with van der Waals surface area (Å²) in [7, 11) is 0. The van der Waals surface area contributed by atoms with Gasteiger partial charge in [0.2, 0.25) is 5.79 Å². The lowest BCUT2D eigenvalue weighted by atomic mass is 9.94. The Morgan fingerprint density at radius 3 is 2.54 bits per heavy atom. The maximum absolute atomic E-state index is 6.23. The first-order valence-electron chi connectivity index (χ1n) is 8.63. The molecule has 0 aromatic heterocycles. The minimum Gasteiger partial charge on any atom is -0.464 e. The minimum atomic E-state index is -0.379. The standard InChI is InChI=1S/C21H21ClO2/c22-18-9-10-20(16-7-3-1-4-8-16)17(13-18)14-19-15-23-21(24-19)11-5-2-6-12-21/h1,3-4,7-10,13-14H,2,5-6,11-12,15H2. The molecule has 2 aromatic carbocycles. The van der Waals surface area contributed by atoms with Crippen molar-refractivity contribution in [3.63, 3.8) is 0 Å². The van der Waals surface area contributed by atoms with E-state index >= 15 is 0 Å². The molecule has 3 heteroatoms. The molecular formula is C21H21ClO2. The molecule has 1 aliphatic heterocycles. The number of halogens is 1. The first-order chi connectivity index (χ1) is 11.7. The van der Waals surface area contributed by atoms with Gasteiger partial charge in [-0.15, -0.1) is 0 Å². The number of rotatable bonds is 2. The molecule has 0 atom stereocenters. The molecule has 1 saturated carbocycles. The SMILES string of the molecule is Clc1ccc(-c2ccccc2)c(C=C2COC3(CCCCC3)O2)c1. The lowest BCUT2D eigenvalue weighted by molar-refractivity contribution is -0.168. The van der Waals surface area contributed by atoms with Gasteiger partial charge in [-0.3, -0.25) is 0 Å². The zero-order valence-electron chi connectivity index (χ0n) is 13.6. The Hall–Kier alpha value is -1.77. The Morgan fingerprint density at radius 1 is 0.958 bits per heavy atom. The zero-order chi connectivity index (χ0) is 16.4. The predicted molar refractivity (Wildman–Crippen MR) is 97.7 cm³/mol. The molecule has 0 radical (unpaired) electrons. The molecule has 24 heavy (non-hydrogen) atoms. The summed E-state index contributed by atoms with van der Waals surface area (Å²) in [4.78, 5) is 0. The number of benzene rings is 2. The van der Waals surface area contributed by atoms with E-state index in [1.54, 1.807) is 0 Å². The fourth-order valence-electron chi connectivity index (χ4n) is 3.62. The molecule has 0 bridgehead atoms. The zero-order valence-corrected chi connectivity index (χ0v) is 14.4. The fourth-order valence-corrected chi connectivity index (χ4v) is 3.80. The third kappa shape index (κ3) is 3.22. The Balaban J connectivity index is 1.66. The average molecular weight is 341 g/mol. The normalized spacial score (nSPS) is 21.1. The van der Waals surface area contributed by atoms with Gasteiger partial charge in [-0.25, -0.2) is 0 Å². The van der Waals surface area contributed by atoms with Gasteiger partial charge in [-0.1, -0.05) is 54.4 Å². The fraction of sp³-hybridized carbons (Fsp3) is 0.333. The number of hydrogen-bond donors (Lipinski definition) is 0. The van der Waals surface area contributed by atoms with Crippen molar-refractivity contribution in [1.29, 1.82) is 0 Å². The monoisotopic (exact) mass is 340 g/mol. The molecule has 4 rings (SSSR count). The van der Waals surface area contributed by atoms with Crippen LogP contribution in [0.1, 0.15) is 37.7 Å². The highest BCUT2D eigenvalue weighted by Gasteiger charge is 2.40. The van der Waals surface area contributed by atoms with Crippen LogP contribution >= 0.6 is 11.6 Å². The molecule has 1 saturated heterocycles. The molecule has 2 aliphatic rings. The van der Waals surface area contributed by atoms with Gasteiger partial charge in [0.05, 0.1) is 0 Å². The summed E-state index contributed by atoms with van der Waals surface area (Å²) in [6, 6.07) is 16.3. The maximum atomic E-state index is 6.23. The second kappa shape index (κ2) is 6.62. The van der Waals surface area contributed by atoms with Crippen LogP contribution in [0, 0.1) is 0 Å². The van der Waals surface area contributed by atoms with Crippen molar-refractivity contribution in [1.82, 2.24) is 0 Å². The first kappa shape index (κ1) is 15.7. The summed E-state index contributed by atoms with van der Waals surface area (Å²) >= 11 is 6.23. The van der Waals surface area contributed by atoms with Crippen molar-refractivity contribution in [3.8, 4) is 11.1 Å². The highest BCUT2D eigenvalue weighted by molar-refractivity contribution is 6.30. The van der Waals surface area contributed by atoms with Gasteiger partial charge in [-0.05, 0) is 47.7 Å². The van der Waals surface area contributed by atoms with Gasteiger partial charge in [0.25, 0.3) is 0 Å². The molecule has 0 N–H and O–H groups in total. The Morgan fingerprint density at radius 2 is 1.75 bits per heavy atom. The van der Waals surface area contributed by atoms with Gasteiger partial charge in [-0.2, -0.15) is 0 Å². The van der Waals surface area contributed by atoms with Crippen LogP contribution in [-0.2, 0) is 9.47 Å². The van der Waals surface area contributed by atoms with Gasteiger partial charge in [0, 0.05) is 17.9 Å². The molecule has 2 aromatic rings. The second-order valence-corrected chi connectivity index (χ2v) is 7.01. The first-order valence-corrected chi connectivity index (χ1v) is 9.00. The quantitative estimate of drug-likeness (QED) is 0.662. The van der Waals surface area contributed by atoms with Crippen molar-refractivity contribution < 1.29 is 9.47 Å². The van der Waals surface area contributed by atoms with E-state index in [-0.39, 0.29) is 5.79 Å². The highest BCUT2D eigenvalue weighted by Crippen LogP contribution is 2.40. The molecule has 2 nitrogen and oxygen atoms in total. The summed E-state index contributed by atoms with van der Waals surface area (Å²) in [6.07, 6.45) is 7.70. The van der Waals surface area contributed by atoms with E-state index < -0.39 is 0 Å². The highest BCUT2D eigenvalue weighted by atomic mass is 35.5. The van der Waals surface area contributed by atoms with Crippen LogP contribution < -0.4 is 0 Å². The van der Waals surface area contributed by atoms with Crippen LogP contribution in [-0.4, -0.2) is 12.4 Å². The average Bonchev–Trinajstić information content (AvgIpc) is 2.98. The molecule has 0 unspecified atom stereocenters. The summed E-state index contributed by atoms with van der Waals surface area (Å²) in [5, 5.41) is 0.729. The van der Waals surface area contributed by atoms with Gasteiger partial charge < -0.3 is 9.47 Å². The smallest absolute Gasteiger partial charge is 0.210 e. The maximum Gasteiger partial charge on any atom is 0.210 e. The minimum absolute atomic E-state index is 0.379. The molecule has 1 spiro atoms. The second-order valence-electron chi connectivity index (χ2n) is 6.57. The van der Waals surface area contributed by atoms with E-state index in [1.807, 2.05) is 30.3 Å². The van der Waals surface area contributed by atoms with Crippen LogP contribution in [0.5, 0.6) is 0 Å². The topological polar surface area (TPSA) is 18.5 Å². The third-order valence-electron chi connectivity index (χ3n) is 4.82. The van der Waals surface area contributed by atoms with Crippen LogP contribution in [0.2, 0.25) is 5.02 Å². The van der Waals surface area contributed by atoms with Gasteiger partial charge in [0.1, 0.15) is 12.4 Å². The predicted octanol–water partition coefficient (Wildman–Crippen LogP) is 6.06. The van der Waals surface area contributed by atoms with E-state index in [0.29, 0.717) is 6.61 Å². The van der Waals surface area contributed by atoms with Crippen LogP contribution in [0.4, 0.5) is 0 Å². The van der Waals surface area contributed by atoms with E-state index in [4.69, 9.17) is 21.1 Å². The molecular weight excluding hydrogens is 320 g/mol. The van der Waals surface area contributed by atoms with E-state index in [9.17, 15) is 0 Å². The number of ether oxygens (including phenoxy) is 2. The molecule has 124 valence electrons. The molecule has 0 amide bonds. The summed E-state index contributed by atoms with van der Waals surface area (Å²) in [5.74, 6) is 0.520. The Bertz CT molecular complexity index is 746. The van der Waals surface area contributed by atoms with Gasteiger partial charge in [0.15, 0.2) is 0 Å². The Labute approximate surface area is 148 Å². The third-order valence-corrected chi connectivity index (χ3v) is 5.06.